The highest BCUT2D eigenvalue weighted by Crippen LogP contribution is 2.29. The second kappa shape index (κ2) is 4.34. The van der Waals surface area contributed by atoms with Crippen LogP contribution in [0.1, 0.15) is 11.1 Å². The van der Waals surface area contributed by atoms with Gasteiger partial charge in [0.05, 0.1) is 5.56 Å². The largest absolute Gasteiger partial charge is 0.476 e. The van der Waals surface area contributed by atoms with Crippen molar-refractivity contribution in [3.63, 3.8) is 0 Å². The maximum Gasteiger partial charge on any atom is 0.416 e. The molecule has 2 nitrogen and oxygen atoms in total. The molecule has 6 heteroatoms. The summed E-state index contributed by atoms with van der Waals surface area (Å²) in [5, 5.41) is 8.20. The van der Waals surface area contributed by atoms with Crippen LogP contribution in [0.5, 0.6) is 0 Å². The smallest absolute Gasteiger partial charge is 0.416 e. The van der Waals surface area contributed by atoms with E-state index in [4.69, 9.17) is 5.11 Å². The van der Waals surface area contributed by atoms with Crippen molar-refractivity contribution in [2.24, 2.45) is 0 Å². The Balaban J connectivity index is 2.97. The maximum atomic E-state index is 12.6. The molecule has 1 aromatic rings. The summed E-state index contributed by atoms with van der Waals surface area (Å²) < 4.78 is 49.0. The number of carbonyl (C=O) groups is 1. The van der Waals surface area contributed by atoms with Crippen LogP contribution in [0.25, 0.3) is 6.08 Å². The fourth-order valence-corrected chi connectivity index (χ4v) is 0.976. The van der Waals surface area contributed by atoms with Crippen molar-refractivity contribution in [3.05, 3.63) is 41.2 Å². The van der Waals surface area contributed by atoms with E-state index in [0.717, 1.165) is 24.3 Å². The summed E-state index contributed by atoms with van der Waals surface area (Å²) in [7, 11) is 0. The molecular weight excluding hydrogens is 228 g/mol. The predicted octanol–water partition coefficient (Wildman–Crippen LogP) is 3.10. The Morgan fingerprint density at radius 2 is 1.69 bits per heavy atom. The summed E-state index contributed by atoms with van der Waals surface area (Å²) in [6.45, 7) is 0. The minimum Gasteiger partial charge on any atom is -0.476 e. The normalized spacial score (nSPS) is 12.6. The van der Waals surface area contributed by atoms with Crippen molar-refractivity contribution in [2.75, 3.05) is 0 Å². The van der Waals surface area contributed by atoms with Gasteiger partial charge in [-0.1, -0.05) is 12.1 Å². The lowest BCUT2D eigenvalue weighted by molar-refractivity contribution is -0.137. The Morgan fingerprint density at radius 1 is 1.19 bits per heavy atom. The fourth-order valence-electron chi connectivity index (χ4n) is 0.976. The highest BCUT2D eigenvalue weighted by molar-refractivity contribution is 5.89. The van der Waals surface area contributed by atoms with Gasteiger partial charge in [-0.05, 0) is 23.8 Å². The van der Waals surface area contributed by atoms with Crippen molar-refractivity contribution >= 4 is 12.0 Å². The molecule has 0 saturated carbocycles. The maximum absolute atomic E-state index is 12.6. The molecule has 0 unspecified atom stereocenters. The first-order chi connectivity index (χ1) is 7.30. The number of carboxylic acids is 1. The molecule has 0 atom stereocenters. The van der Waals surface area contributed by atoms with Crippen LogP contribution in [-0.2, 0) is 11.0 Å². The molecular formula is C10H6F4O2. The molecule has 1 aromatic carbocycles. The molecule has 1 rings (SSSR count). The van der Waals surface area contributed by atoms with E-state index >= 15 is 0 Å². The standard InChI is InChI=1S/C10H6F4O2/c11-8(9(15)16)5-6-1-3-7(4-2-6)10(12,13)14/h1-5H,(H,15,16). The molecule has 0 radical (unpaired) electrons. The predicted molar refractivity (Wildman–Crippen MR) is 48.2 cm³/mol. The van der Waals surface area contributed by atoms with Crippen molar-refractivity contribution in [1.29, 1.82) is 0 Å². The third-order valence-electron chi connectivity index (χ3n) is 1.74. The highest BCUT2D eigenvalue weighted by Gasteiger charge is 2.29. The zero-order valence-corrected chi connectivity index (χ0v) is 7.75. The second-order valence-electron chi connectivity index (χ2n) is 2.92. The Labute approximate surface area is 87.8 Å². The Bertz CT molecular complexity index is 417. The Morgan fingerprint density at radius 3 is 2.06 bits per heavy atom. The van der Waals surface area contributed by atoms with Gasteiger partial charge in [0.2, 0.25) is 5.83 Å². The van der Waals surface area contributed by atoms with Gasteiger partial charge in [-0.2, -0.15) is 17.6 Å². The van der Waals surface area contributed by atoms with Gasteiger partial charge in [0.25, 0.3) is 0 Å². The summed E-state index contributed by atoms with van der Waals surface area (Å²) >= 11 is 0. The summed E-state index contributed by atoms with van der Waals surface area (Å²) in [6, 6.07) is 3.48. The Kier molecular flexibility index (Phi) is 3.31. The zero-order valence-electron chi connectivity index (χ0n) is 7.75. The van der Waals surface area contributed by atoms with Gasteiger partial charge < -0.3 is 5.11 Å². The van der Waals surface area contributed by atoms with E-state index in [2.05, 4.69) is 0 Å². The number of hydrogen-bond donors (Lipinski definition) is 1. The van der Waals surface area contributed by atoms with Gasteiger partial charge in [0, 0.05) is 0 Å². The van der Waals surface area contributed by atoms with E-state index < -0.39 is 23.5 Å². The second-order valence-corrected chi connectivity index (χ2v) is 2.92. The van der Waals surface area contributed by atoms with Gasteiger partial charge in [0.1, 0.15) is 0 Å². The SMILES string of the molecule is O=C(O)C(F)=Cc1ccc(C(F)(F)F)cc1. The molecule has 0 aliphatic heterocycles. The third kappa shape index (κ3) is 3.08. The van der Waals surface area contributed by atoms with Crippen LogP contribution in [0.4, 0.5) is 17.6 Å². The number of carboxylic acid groups (broad SMARTS) is 1. The van der Waals surface area contributed by atoms with E-state index in [1.54, 1.807) is 0 Å². The lowest BCUT2D eigenvalue weighted by Gasteiger charge is -2.05. The molecule has 0 spiro atoms. The number of rotatable bonds is 2. The van der Waals surface area contributed by atoms with E-state index in [1.165, 1.54) is 0 Å². The first kappa shape index (κ1) is 12.2. The first-order valence-electron chi connectivity index (χ1n) is 4.08. The lowest BCUT2D eigenvalue weighted by atomic mass is 10.1. The third-order valence-corrected chi connectivity index (χ3v) is 1.74. The zero-order chi connectivity index (χ0) is 12.3. The van der Waals surface area contributed by atoms with Gasteiger partial charge >= 0.3 is 12.1 Å². The van der Waals surface area contributed by atoms with E-state index in [9.17, 15) is 22.4 Å². The minimum atomic E-state index is -4.46. The van der Waals surface area contributed by atoms with Gasteiger partial charge in [0.15, 0.2) is 0 Å². The molecule has 0 saturated heterocycles. The summed E-state index contributed by atoms with van der Waals surface area (Å²) in [5.41, 5.74) is -0.826. The average molecular weight is 234 g/mol. The summed E-state index contributed by atoms with van der Waals surface area (Å²) in [4.78, 5) is 10.1. The van der Waals surface area contributed by atoms with Gasteiger partial charge in [-0.15, -0.1) is 0 Å². The number of benzene rings is 1. The van der Waals surface area contributed by atoms with E-state index in [0.29, 0.717) is 6.08 Å². The summed E-state index contributed by atoms with van der Waals surface area (Å²) in [5.74, 6) is -3.19. The molecule has 0 aromatic heterocycles. The van der Waals surface area contributed by atoms with Crippen LogP contribution in [0.3, 0.4) is 0 Å². The van der Waals surface area contributed by atoms with Crippen LogP contribution in [0, 0.1) is 0 Å². The quantitative estimate of drug-likeness (QED) is 0.630. The van der Waals surface area contributed by atoms with Crippen LogP contribution in [0.15, 0.2) is 30.1 Å². The highest BCUT2D eigenvalue weighted by atomic mass is 19.4. The van der Waals surface area contributed by atoms with Crippen LogP contribution in [0.2, 0.25) is 0 Å². The average Bonchev–Trinajstić information content (AvgIpc) is 2.17. The van der Waals surface area contributed by atoms with Crippen molar-refractivity contribution in [2.45, 2.75) is 6.18 Å². The molecule has 16 heavy (non-hydrogen) atoms. The molecule has 0 aliphatic carbocycles. The molecule has 0 bridgehead atoms. The Hall–Kier alpha value is -1.85. The molecule has 0 fully saturated rings. The first-order valence-corrected chi connectivity index (χ1v) is 4.08. The molecule has 0 amide bonds. The van der Waals surface area contributed by atoms with Crippen molar-refractivity contribution in [1.82, 2.24) is 0 Å². The van der Waals surface area contributed by atoms with Crippen molar-refractivity contribution in [3.8, 4) is 0 Å². The molecule has 0 heterocycles. The van der Waals surface area contributed by atoms with E-state index in [1.807, 2.05) is 0 Å². The van der Waals surface area contributed by atoms with Crippen LogP contribution in [-0.4, -0.2) is 11.1 Å². The number of halogens is 4. The lowest BCUT2D eigenvalue weighted by Crippen LogP contribution is -2.04. The van der Waals surface area contributed by atoms with Crippen molar-refractivity contribution < 1.29 is 27.5 Å². The van der Waals surface area contributed by atoms with Crippen LogP contribution >= 0.6 is 0 Å². The van der Waals surface area contributed by atoms with Crippen LogP contribution < -0.4 is 0 Å². The van der Waals surface area contributed by atoms with E-state index in [-0.39, 0.29) is 5.56 Å². The minimum absolute atomic E-state index is 0.0490. The fraction of sp³-hybridized carbons (Fsp3) is 0.100. The van der Waals surface area contributed by atoms with Gasteiger partial charge in [-0.25, -0.2) is 4.79 Å². The number of alkyl halides is 3. The number of hydrogen-bond acceptors (Lipinski definition) is 1. The summed E-state index contributed by atoms with van der Waals surface area (Å²) in [6.07, 6.45) is -3.82. The molecule has 0 aliphatic rings. The number of aliphatic carboxylic acids is 1. The molecule has 1 N–H and O–H groups in total. The topological polar surface area (TPSA) is 37.3 Å². The molecule has 86 valence electrons. The monoisotopic (exact) mass is 234 g/mol. The van der Waals surface area contributed by atoms with Gasteiger partial charge in [-0.3, -0.25) is 0 Å².